The molecule has 1 heterocycles. The Hall–Kier alpha value is -2.63. The number of carbonyl (C=O) groups is 1. The van der Waals surface area contributed by atoms with Gasteiger partial charge in [0.2, 0.25) is 0 Å². The molecule has 1 aromatic carbocycles. The second-order valence-corrected chi connectivity index (χ2v) is 4.95. The SMILES string of the molecule is CNc1cc(C(=O)O)nc(CCOc2ccc(C)c(C)c2)n1. The van der Waals surface area contributed by atoms with E-state index in [9.17, 15) is 4.79 Å². The lowest BCUT2D eigenvalue weighted by Gasteiger charge is -2.09. The van der Waals surface area contributed by atoms with Gasteiger partial charge in [0.25, 0.3) is 0 Å². The first-order valence-corrected chi connectivity index (χ1v) is 6.98. The van der Waals surface area contributed by atoms with Crippen molar-refractivity contribution in [2.75, 3.05) is 19.0 Å². The van der Waals surface area contributed by atoms with Crippen LogP contribution < -0.4 is 10.1 Å². The predicted octanol–water partition coefficient (Wildman–Crippen LogP) is 2.45. The van der Waals surface area contributed by atoms with Crippen LogP contribution in [0.25, 0.3) is 0 Å². The molecule has 6 nitrogen and oxygen atoms in total. The van der Waals surface area contributed by atoms with Gasteiger partial charge in [0.15, 0.2) is 5.69 Å². The Kier molecular flexibility index (Phi) is 4.93. The highest BCUT2D eigenvalue weighted by molar-refractivity contribution is 5.86. The van der Waals surface area contributed by atoms with Crippen LogP contribution in [0.2, 0.25) is 0 Å². The van der Waals surface area contributed by atoms with Crippen molar-refractivity contribution in [1.29, 1.82) is 0 Å². The number of rotatable bonds is 6. The minimum absolute atomic E-state index is 0.0273. The second kappa shape index (κ2) is 6.89. The first-order valence-electron chi connectivity index (χ1n) is 6.98. The standard InChI is InChI=1S/C16H19N3O3/c1-10-4-5-12(8-11(10)2)22-7-6-14-18-13(16(20)21)9-15(17-3)19-14/h4-5,8-9H,6-7H2,1-3H3,(H,20,21)(H,17,18,19). The van der Waals surface area contributed by atoms with E-state index < -0.39 is 5.97 Å². The predicted molar refractivity (Wildman–Crippen MR) is 83.7 cm³/mol. The van der Waals surface area contributed by atoms with Gasteiger partial charge in [0.1, 0.15) is 17.4 Å². The second-order valence-electron chi connectivity index (χ2n) is 4.95. The van der Waals surface area contributed by atoms with Crippen molar-refractivity contribution in [3.8, 4) is 5.75 Å². The zero-order valence-electron chi connectivity index (χ0n) is 12.9. The largest absolute Gasteiger partial charge is 0.493 e. The molecule has 0 unspecified atom stereocenters. The molecule has 0 aliphatic heterocycles. The summed E-state index contributed by atoms with van der Waals surface area (Å²) in [7, 11) is 1.68. The number of aromatic nitrogens is 2. The number of anilines is 1. The van der Waals surface area contributed by atoms with Gasteiger partial charge in [-0.1, -0.05) is 6.07 Å². The van der Waals surface area contributed by atoms with Crippen molar-refractivity contribution in [2.24, 2.45) is 0 Å². The van der Waals surface area contributed by atoms with Gasteiger partial charge in [-0.15, -0.1) is 0 Å². The Morgan fingerprint density at radius 2 is 2.00 bits per heavy atom. The van der Waals surface area contributed by atoms with Crippen LogP contribution in [-0.2, 0) is 6.42 Å². The van der Waals surface area contributed by atoms with Crippen LogP contribution in [0.15, 0.2) is 24.3 Å². The third-order valence-corrected chi connectivity index (χ3v) is 3.32. The molecular formula is C16H19N3O3. The number of hydrogen-bond donors (Lipinski definition) is 2. The fourth-order valence-corrected chi connectivity index (χ4v) is 1.91. The minimum Gasteiger partial charge on any atom is -0.493 e. The van der Waals surface area contributed by atoms with Gasteiger partial charge in [-0.2, -0.15) is 0 Å². The van der Waals surface area contributed by atoms with Crippen LogP contribution in [0.3, 0.4) is 0 Å². The lowest BCUT2D eigenvalue weighted by atomic mass is 10.1. The van der Waals surface area contributed by atoms with Gasteiger partial charge in [0, 0.05) is 19.5 Å². The van der Waals surface area contributed by atoms with Gasteiger partial charge in [-0.05, 0) is 37.1 Å². The van der Waals surface area contributed by atoms with Crippen molar-refractivity contribution in [1.82, 2.24) is 9.97 Å². The smallest absolute Gasteiger partial charge is 0.354 e. The molecule has 2 rings (SSSR count). The fraction of sp³-hybridized carbons (Fsp3) is 0.312. The zero-order chi connectivity index (χ0) is 16.1. The summed E-state index contributed by atoms with van der Waals surface area (Å²) in [5.41, 5.74) is 2.35. The molecule has 0 spiro atoms. The van der Waals surface area contributed by atoms with Crippen LogP contribution in [0.5, 0.6) is 5.75 Å². The number of ether oxygens (including phenoxy) is 1. The minimum atomic E-state index is -1.07. The van der Waals surface area contributed by atoms with Gasteiger partial charge in [-0.3, -0.25) is 0 Å². The number of benzene rings is 1. The summed E-state index contributed by atoms with van der Waals surface area (Å²) in [5.74, 6) is 0.628. The highest BCUT2D eigenvalue weighted by Crippen LogP contribution is 2.16. The summed E-state index contributed by atoms with van der Waals surface area (Å²) >= 11 is 0. The molecule has 0 bridgehead atoms. The van der Waals surface area contributed by atoms with Crippen molar-refractivity contribution >= 4 is 11.8 Å². The molecular weight excluding hydrogens is 282 g/mol. The van der Waals surface area contributed by atoms with Crippen LogP contribution in [0.1, 0.15) is 27.4 Å². The number of aromatic carboxylic acids is 1. The first kappa shape index (κ1) is 15.8. The third kappa shape index (κ3) is 3.94. The van der Waals surface area contributed by atoms with Gasteiger partial charge < -0.3 is 15.2 Å². The van der Waals surface area contributed by atoms with Gasteiger partial charge >= 0.3 is 5.97 Å². The van der Waals surface area contributed by atoms with Crippen molar-refractivity contribution in [2.45, 2.75) is 20.3 Å². The molecule has 2 aromatic rings. The number of nitrogens with zero attached hydrogens (tertiary/aromatic N) is 2. The molecule has 22 heavy (non-hydrogen) atoms. The average Bonchev–Trinajstić information content (AvgIpc) is 2.50. The molecule has 1 aromatic heterocycles. The van der Waals surface area contributed by atoms with E-state index in [2.05, 4.69) is 15.3 Å². The molecule has 0 fully saturated rings. The molecule has 0 amide bonds. The molecule has 0 aliphatic carbocycles. The summed E-state index contributed by atoms with van der Waals surface area (Å²) in [4.78, 5) is 19.3. The summed E-state index contributed by atoms with van der Waals surface area (Å²) < 4.78 is 5.67. The third-order valence-electron chi connectivity index (χ3n) is 3.32. The normalized spacial score (nSPS) is 10.3. The number of hydrogen-bond acceptors (Lipinski definition) is 5. The molecule has 6 heteroatoms. The van der Waals surface area contributed by atoms with Crippen molar-refractivity contribution < 1.29 is 14.6 Å². The Balaban J connectivity index is 2.03. The van der Waals surface area contributed by atoms with E-state index >= 15 is 0 Å². The quantitative estimate of drug-likeness (QED) is 0.852. The maximum absolute atomic E-state index is 11.0. The van der Waals surface area contributed by atoms with Crippen molar-refractivity contribution in [3.05, 3.63) is 46.9 Å². The number of aryl methyl sites for hydroxylation is 2. The molecule has 0 saturated heterocycles. The molecule has 0 radical (unpaired) electrons. The van der Waals surface area contributed by atoms with Crippen LogP contribution in [0, 0.1) is 13.8 Å². The summed E-state index contributed by atoms with van der Waals surface area (Å²) in [6, 6.07) is 7.29. The monoisotopic (exact) mass is 301 g/mol. The summed E-state index contributed by atoms with van der Waals surface area (Å²) in [5, 5.41) is 11.9. The Bertz CT molecular complexity index is 686. The lowest BCUT2D eigenvalue weighted by Crippen LogP contribution is -2.11. The fourth-order valence-electron chi connectivity index (χ4n) is 1.91. The summed E-state index contributed by atoms with van der Waals surface area (Å²) in [6.07, 6.45) is 0.433. The molecule has 2 N–H and O–H groups in total. The molecule has 0 aliphatic rings. The number of carboxylic acids is 1. The van der Waals surface area contributed by atoms with Crippen molar-refractivity contribution in [3.63, 3.8) is 0 Å². The summed E-state index contributed by atoms with van der Waals surface area (Å²) in [6.45, 7) is 4.46. The van der Waals surface area contributed by atoms with E-state index in [1.807, 2.05) is 32.0 Å². The van der Waals surface area contributed by atoms with E-state index in [-0.39, 0.29) is 5.69 Å². The molecule has 116 valence electrons. The van der Waals surface area contributed by atoms with Crippen LogP contribution in [0.4, 0.5) is 5.82 Å². The van der Waals surface area contributed by atoms with E-state index in [4.69, 9.17) is 9.84 Å². The van der Waals surface area contributed by atoms with Crippen LogP contribution in [-0.4, -0.2) is 34.7 Å². The van der Waals surface area contributed by atoms with Crippen LogP contribution >= 0.6 is 0 Å². The maximum Gasteiger partial charge on any atom is 0.354 e. The van der Waals surface area contributed by atoms with Gasteiger partial charge in [0.05, 0.1) is 6.61 Å². The highest BCUT2D eigenvalue weighted by atomic mass is 16.5. The molecule has 0 atom stereocenters. The first-order chi connectivity index (χ1) is 10.5. The average molecular weight is 301 g/mol. The number of carboxylic acid groups (broad SMARTS) is 1. The Labute approximate surface area is 129 Å². The van der Waals surface area contributed by atoms with E-state index in [0.717, 1.165) is 5.75 Å². The van der Waals surface area contributed by atoms with E-state index in [1.54, 1.807) is 7.05 Å². The van der Waals surface area contributed by atoms with E-state index in [0.29, 0.717) is 24.7 Å². The topological polar surface area (TPSA) is 84.3 Å². The van der Waals surface area contributed by atoms with Gasteiger partial charge in [-0.25, -0.2) is 14.8 Å². The zero-order valence-corrected chi connectivity index (χ0v) is 12.9. The number of nitrogens with one attached hydrogen (secondary N) is 1. The lowest BCUT2D eigenvalue weighted by molar-refractivity contribution is 0.0690. The maximum atomic E-state index is 11.0. The Morgan fingerprint density at radius 3 is 2.64 bits per heavy atom. The molecule has 0 saturated carbocycles. The highest BCUT2D eigenvalue weighted by Gasteiger charge is 2.10. The Morgan fingerprint density at radius 1 is 1.23 bits per heavy atom. The van der Waals surface area contributed by atoms with E-state index in [1.165, 1.54) is 17.2 Å².